The zero-order valence-corrected chi connectivity index (χ0v) is 13.7. The van der Waals surface area contributed by atoms with Crippen molar-refractivity contribution in [2.75, 3.05) is 11.9 Å². The molecule has 0 fully saturated rings. The molecule has 6 nitrogen and oxygen atoms in total. The van der Waals surface area contributed by atoms with Crippen LogP contribution < -0.4 is 10.1 Å². The van der Waals surface area contributed by atoms with Crippen LogP contribution in [-0.2, 0) is 16.0 Å². The molecular weight excluding hydrogens is 316 g/mol. The monoisotopic (exact) mass is 334 g/mol. The molecular formula is C16H18N2O4S. The molecule has 23 heavy (non-hydrogen) atoms. The molecule has 2 rings (SSSR count). The maximum atomic E-state index is 11.9. The summed E-state index contributed by atoms with van der Waals surface area (Å²) in [5.74, 6) is -0.309. The summed E-state index contributed by atoms with van der Waals surface area (Å²) in [5.41, 5.74) is 1.46. The van der Waals surface area contributed by atoms with Crippen LogP contribution in [-0.4, -0.2) is 28.6 Å². The number of aliphatic carboxylic acids is 1. The summed E-state index contributed by atoms with van der Waals surface area (Å²) >= 11 is 1.19. The molecule has 0 spiro atoms. The number of aromatic nitrogens is 1. The molecule has 7 heteroatoms. The normalized spacial score (nSPS) is 10.6. The number of rotatable bonds is 7. The maximum absolute atomic E-state index is 11.9. The first-order chi connectivity index (χ1) is 11.0. The number of amides is 1. The molecule has 2 aromatic rings. The number of hydrogen-bond donors (Lipinski definition) is 2. The highest BCUT2D eigenvalue weighted by molar-refractivity contribution is 7.13. The lowest BCUT2D eigenvalue weighted by Crippen LogP contribution is -2.20. The van der Waals surface area contributed by atoms with Crippen molar-refractivity contribution in [3.63, 3.8) is 0 Å². The molecule has 0 atom stereocenters. The van der Waals surface area contributed by atoms with E-state index in [9.17, 15) is 9.59 Å². The molecule has 2 N–H and O–H groups in total. The summed E-state index contributed by atoms with van der Waals surface area (Å²) in [6, 6.07) is 7.59. The molecule has 0 aliphatic heterocycles. The summed E-state index contributed by atoms with van der Waals surface area (Å²) in [7, 11) is 0. The van der Waals surface area contributed by atoms with Crippen molar-refractivity contribution >= 4 is 28.3 Å². The van der Waals surface area contributed by atoms with Crippen molar-refractivity contribution in [3.8, 4) is 5.75 Å². The van der Waals surface area contributed by atoms with Gasteiger partial charge in [0.2, 0.25) is 0 Å². The summed E-state index contributed by atoms with van der Waals surface area (Å²) in [5, 5.41) is 13.3. The van der Waals surface area contributed by atoms with Gasteiger partial charge in [0.05, 0.1) is 12.1 Å². The number of para-hydroxylation sites is 1. The van der Waals surface area contributed by atoms with Crippen LogP contribution in [0.3, 0.4) is 0 Å². The molecule has 1 amide bonds. The Bertz CT molecular complexity index is 697. The molecule has 0 bridgehead atoms. The van der Waals surface area contributed by atoms with Gasteiger partial charge in [-0.2, -0.15) is 0 Å². The van der Waals surface area contributed by atoms with Crippen molar-refractivity contribution in [2.24, 2.45) is 0 Å². The molecule has 0 unspecified atom stereocenters. The van der Waals surface area contributed by atoms with Gasteiger partial charge in [-0.05, 0) is 17.5 Å². The predicted molar refractivity (Wildman–Crippen MR) is 88.1 cm³/mol. The fraction of sp³-hybridized carbons (Fsp3) is 0.312. The average molecular weight is 334 g/mol. The number of nitrogens with one attached hydrogen (secondary N) is 1. The van der Waals surface area contributed by atoms with Gasteiger partial charge in [-0.1, -0.05) is 32.0 Å². The first-order valence-electron chi connectivity index (χ1n) is 7.13. The smallest absolute Gasteiger partial charge is 0.309 e. The van der Waals surface area contributed by atoms with E-state index in [1.54, 1.807) is 5.38 Å². The molecule has 0 saturated carbocycles. The number of thiazole rings is 1. The van der Waals surface area contributed by atoms with Crippen LogP contribution in [0, 0.1) is 0 Å². The van der Waals surface area contributed by atoms with Gasteiger partial charge >= 0.3 is 5.97 Å². The third kappa shape index (κ3) is 5.07. The van der Waals surface area contributed by atoms with E-state index in [2.05, 4.69) is 24.1 Å². The number of ether oxygens (including phenoxy) is 1. The summed E-state index contributed by atoms with van der Waals surface area (Å²) in [6.07, 6.45) is -0.162. The van der Waals surface area contributed by atoms with Crippen LogP contribution >= 0.6 is 11.3 Å². The molecule has 0 radical (unpaired) electrons. The minimum Gasteiger partial charge on any atom is -0.483 e. The zero-order valence-electron chi connectivity index (χ0n) is 12.9. The Morgan fingerprint density at radius 2 is 2.09 bits per heavy atom. The van der Waals surface area contributed by atoms with Crippen molar-refractivity contribution in [2.45, 2.75) is 26.2 Å². The lowest BCUT2D eigenvalue weighted by Gasteiger charge is -2.13. The summed E-state index contributed by atoms with van der Waals surface area (Å²) < 4.78 is 5.57. The SMILES string of the molecule is CC(C)c1ccccc1OCC(=O)Nc1nc(CC(=O)O)cs1. The largest absolute Gasteiger partial charge is 0.483 e. The van der Waals surface area contributed by atoms with Gasteiger partial charge in [-0.15, -0.1) is 11.3 Å². The molecule has 1 aromatic carbocycles. The lowest BCUT2D eigenvalue weighted by molar-refractivity contribution is -0.136. The number of carbonyl (C=O) groups excluding carboxylic acids is 1. The average Bonchev–Trinajstić information content (AvgIpc) is 2.91. The van der Waals surface area contributed by atoms with Crippen molar-refractivity contribution in [3.05, 3.63) is 40.9 Å². The van der Waals surface area contributed by atoms with Crippen molar-refractivity contribution < 1.29 is 19.4 Å². The lowest BCUT2D eigenvalue weighted by atomic mass is 10.0. The molecule has 122 valence electrons. The van der Waals surface area contributed by atoms with Gasteiger partial charge in [0.25, 0.3) is 5.91 Å². The number of benzene rings is 1. The summed E-state index contributed by atoms with van der Waals surface area (Å²) in [6.45, 7) is 3.99. The number of nitrogens with zero attached hydrogens (tertiary/aromatic N) is 1. The highest BCUT2D eigenvalue weighted by atomic mass is 32.1. The van der Waals surface area contributed by atoms with Gasteiger partial charge in [0.1, 0.15) is 5.75 Å². The van der Waals surface area contributed by atoms with E-state index in [4.69, 9.17) is 9.84 Å². The Morgan fingerprint density at radius 3 is 2.78 bits per heavy atom. The van der Waals surface area contributed by atoms with Crippen LogP contribution in [0.5, 0.6) is 5.75 Å². The Balaban J connectivity index is 1.90. The Kier molecular flexibility index (Phi) is 5.70. The van der Waals surface area contributed by atoms with Crippen LogP contribution in [0.2, 0.25) is 0 Å². The Labute approximate surface area is 138 Å². The molecule has 0 aliphatic carbocycles. The van der Waals surface area contributed by atoms with Crippen LogP contribution in [0.25, 0.3) is 0 Å². The number of carbonyl (C=O) groups is 2. The Hall–Kier alpha value is -2.41. The van der Waals surface area contributed by atoms with Gasteiger partial charge in [-0.3, -0.25) is 14.9 Å². The quantitative estimate of drug-likeness (QED) is 0.813. The van der Waals surface area contributed by atoms with E-state index >= 15 is 0 Å². The number of anilines is 1. The van der Waals surface area contributed by atoms with E-state index in [-0.39, 0.29) is 18.9 Å². The fourth-order valence-corrected chi connectivity index (χ4v) is 2.71. The fourth-order valence-electron chi connectivity index (χ4n) is 1.99. The first-order valence-corrected chi connectivity index (χ1v) is 8.01. The van der Waals surface area contributed by atoms with E-state index < -0.39 is 5.97 Å². The van der Waals surface area contributed by atoms with Gasteiger partial charge < -0.3 is 9.84 Å². The topological polar surface area (TPSA) is 88.5 Å². The second-order valence-electron chi connectivity index (χ2n) is 5.24. The van der Waals surface area contributed by atoms with Gasteiger partial charge in [0.15, 0.2) is 11.7 Å². The molecule has 0 saturated heterocycles. The van der Waals surface area contributed by atoms with Crippen LogP contribution in [0.1, 0.15) is 31.0 Å². The number of hydrogen-bond acceptors (Lipinski definition) is 5. The standard InChI is InChI=1S/C16H18N2O4S/c1-10(2)12-5-3-4-6-13(12)22-8-14(19)18-16-17-11(9-23-16)7-15(20)21/h3-6,9-10H,7-8H2,1-2H3,(H,20,21)(H,17,18,19). The minimum absolute atomic E-state index is 0.127. The molecule has 0 aliphatic rings. The predicted octanol–water partition coefficient (Wildman–Crippen LogP) is 2.91. The highest BCUT2D eigenvalue weighted by Crippen LogP contribution is 2.25. The van der Waals surface area contributed by atoms with Crippen molar-refractivity contribution in [1.82, 2.24) is 4.98 Å². The number of carboxylic acids is 1. The minimum atomic E-state index is -0.957. The second-order valence-corrected chi connectivity index (χ2v) is 6.10. The number of carboxylic acid groups (broad SMARTS) is 1. The van der Waals surface area contributed by atoms with E-state index in [1.807, 2.05) is 24.3 Å². The van der Waals surface area contributed by atoms with E-state index in [0.29, 0.717) is 22.5 Å². The third-order valence-electron chi connectivity index (χ3n) is 3.03. The zero-order chi connectivity index (χ0) is 16.8. The highest BCUT2D eigenvalue weighted by Gasteiger charge is 2.11. The third-order valence-corrected chi connectivity index (χ3v) is 3.84. The van der Waals surface area contributed by atoms with E-state index in [1.165, 1.54) is 11.3 Å². The first kappa shape index (κ1) is 17.0. The molecule has 1 aromatic heterocycles. The molecule has 1 heterocycles. The maximum Gasteiger partial charge on any atom is 0.309 e. The second kappa shape index (κ2) is 7.73. The van der Waals surface area contributed by atoms with Gasteiger partial charge in [-0.25, -0.2) is 4.98 Å². The van der Waals surface area contributed by atoms with Crippen LogP contribution in [0.4, 0.5) is 5.13 Å². The summed E-state index contributed by atoms with van der Waals surface area (Å²) in [4.78, 5) is 26.6. The van der Waals surface area contributed by atoms with Crippen molar-refractivity contribution in [1.29, 1.82) is 0 Å². The van der Waals surface area contributed by atoms with Crippen LogP contribution in [0.15, 0.2) is 29.6 Å². The van der Waals surface area contributed by atoms with Gasteiger partial charge in [0, 0.05) is 5.38 Å². The van der Waals surface area contributed by atoms with E-state index in [0.717, 1.165) is 5.56 Å². The Morgan fingerprint density at radius 1 is 1.35 bits per heavy atom.